The molecular weight excluding hydrogens is 406 g/mol. The van der Waals surface area contributed by atoms with Gasteiger partial charge in [0.1, 0.15) is 5.76 Å². The SMILES string of the molecule is CCCC/C(=C\I)OP(=O)(c1ccccc1)c1ccccc1. The summed E-state index contributed by atoms with van der Waals surface area (Å²) in [5.41, 5.74) is 0. The molecule has 0 saturated carbocycles. The lowest BCUT2D eigenvalue weighted by molar-refractivity contribution is 0.401. The minimum atomic E-state index is -3.11. The standard InChI is InChI=1S/C18H20IO2P/c1-2-3-10-16(15-19)21-22(20,17-11-6-4-7-12-17)18-13-8-5-9-14-18/h4-9,11-15H,2-3,10H2,1H3/b16-15+. The first kappa shape index (κ1) is 17.3. The monoisotopic (exact) mass is 426 g/mol. The molecule has 2 aromatic rings. The Hall–Kier alpha value is -1.06. The highest BCUT2D eigenvalue weighted by molar-refractivity contribution is 14.1. The fraction of sp³-hybridized carbons (Fsp3) is 0.222. The Labute approximate surface area is 146 Å². The Balaban J connectivity index is 2.41. The number of rotatable bonds is 7. The van der Waals surface area contributed by atoms with Gasteiger partial charge in [0.25, 0.3) is 0 Å². The second kappa shape index (κ2) is 8.54. The van der Waals surface area contributed by atoms with Crippen LogP contribution < -0.4 is 10.6 Å². The highest BCUT2D eigenvalue weighted by Gasteiger charge is 2.30. The highest BCUT2D eigenvalue weighted by atomic mass is 127. The topological polar surface area (TPSA) is 26.3 Å². The highest BCUT2D eigenvalue weighted by Crippen LogP contribution is 2.47. The molecule has 22 heavy (non-hydrogen) atoms. The van der Waals surface area contributed by atoms with E-state index < -0.39 is 7.37 Å². The molecule has 0 aliphatic rings. The molecule has 0 aliphatic carbocycles. The molecule has 0 aliphatic heterocycles. The molecular formula is C18H20IO2P. The maximum atomic E-state index is 13.7. The molecule has 0 atom stereocenters. The van der Waals surface area contributed by atoms with E-state index in [1.165, 1.54) is 0 Å². The largest absolute Gasteiger partial charge is 0.441 e. The average molecular weight is 426 g/mol. The van der Waals surface area contributed by atoms with Crippen molar-refractivity contribution in [3.63, 3.8) is 0 Å². The number of hydrogen-bond donors (Lipinski definition) is 0. The average Bonchev–Trinajstić information content (AvgIpc) is 2.60. The second-order valence-corrected chi connectivity index (χ2v) is 7.93. The van der Waals surface area contributed by atoms with Crippen molar-refractivity contribution in [3.05, 3.63) is 70.5 Å². The van der Waals surface area contributed by atoms with Crippen LogP contribution in [-0.4, -0.2) is 0 Å². The van der Waals surface area contributed by atoms with Crippen molar-refractivity contribution in [2.24, 2.45) is 0 Å². The third-order valence-corrected chi connectivity index (χ3v) is 6.48. The molecule has 0 radical (unpaired) electrons. The molecule has 0 aromatic heterocycles. The molecule has 0 saturated heterocycles. The number of allylic oxidation sites excluding steroid dienone is 1. The molecule has 4 heteroatoms. The van der Waals surface area contributed by atoms with Crippen LogP contribution in [0.5, 0.6) is 0 Å². The van der Waals surface area contributed by atoms with E-state index >= 15 is 0 Å². The molecule has 0 heterocycles. The molecule has 2 rings (SSSR count). The van der Waals surface area contributed by atoms with Gasteiger partial charge in [0, 0.05) is 10.5 Å². The van der Waals surface area contributed by atoms with Crippen LogP contribution in [-0.2, 0) is 9.09 Å². The number of unbranched alkanes of at least 4 members (excludes halogenated alkanes) is 1. The molecule has 2 nitrogen and oxygen atoms in total. The van der Waals surface area contributed by atoms with Crippen LogP contribution in [0, 0.1) is 0 Å². The second-order valence-electron chi connectivity index (χ2n) is 4.99. The van der Waals surface area contributed by atoms with E-state index in [9.17, 15) is 4.57 Å². The van der Waals surface area contributed by atoms with Crippen LogP contribution in [0.2, 0.25) is 0 Å². The summed E-state index contributed by atoms with van der Waals surface area (Å²) in [7, 11) is -3.11. The molecule has 0 N–H and O–H groups in total. The third kappa shape index (κ3) is 4.23. The number of benzene rings is 2. The third-order valence-electron chi connectivity index (χ3n) is 3.34. The predicted octanol–water partition coefficient (Wildman–Crippen LogP) is 5.40. The Morgan fingerprint density at radius 1 is 1.05 bits per heavy atom. The van der Waals surface area contributed by atoms with Gasteiger partial charge in [-0.25, -0.2) is 0 Å². The zero-order valence-electron chi connectivity index (χ0n) is 12.6. The molecule has 0 bridgehead atoms. The van der Waals surface area contributed by atoms with E-state index in [4.69, 9.17) is 4.52 Å². The van der Waals surface area contributed by atoms with Gasteiger partial charge in [0.05, 0.1) is 10.6 Å². The van der Waals surface area contributed by atoms with Crippen molar-refractivity contribution < 1.29 is 9.09 Å². The van der Waals surface area contributed by atoms with Crippen LogP contribution in [0.3, 0.4) is 0 Å². The summed E-state index contributed by atoms with van der Waals surface area (Å²) in [5, 5.41) is 1.46. The van der Waals surface area contributed by atoms with Crippen molar-refractivity contribution in [3.8, 4) is 0 Å². The van der Waals surface area contributed by atoms with Crippen molar-refractivity contribution in [1.29, 1.82) is 0 Å². The lowest BCUT2D eigenvalue weighted by Gasteiger charge is -2.22. The van der Waals surface area contributed by atoms with Gasteiger partial charge in [-0.3, -0.25) is 4.57 Å². The van der Waals surface area contributed by atoms with Crippen LogP contribution in [0.15, 0.2) is 70.5 Å². The first-order chi connectivity index (χ1) is 10.7. The minimum absolute atomic E-state index is 0.730. The minimum Gasteiger partial charge on any atom is -0.441 e. The first-order valence-corrected chi connectivity index (χ1v) is 10.3. The Kier molecular flexibility index (Phi) is 6.71. The summed E-state index contributed by atoms with van der Waals surface area (Å²) in [6.07, 6.45) is 2.92. The van der Waals surface area contributed by atoms with E-state index in [1.807, 2.05) is 64.7 Å². The predicted molar refractivity (Wildman–Crippen MR) is 102 cm³/mol. The maximum Gasteiger partial charge on any atom is 0.306 e. The van der Waals surface area contributed by atoms with Gasteiger partial charge >= 0.3 is 7.37 Å². The summed E-state index contributed by atoms with van der Waals surface area (Å²) >= 11 is 2.16. The summed E-state index contributed by atoms with van der Waals surface area (Å²) in [5.74, 6) is 0.790. The molecule has 0 spiro atoms. The van der Waals surface area contributed by atoms with Gasteiger partial charge in [-0.2, -0.15) is 0 Å². The van der Waals surface area contributed by atoms with Gasteiger partial charge in [0.2, 0.25) is 0 Å². The normalized spacial score (nSPS) is 12.2. The van der Waals surface area contributed by atoms with E-state index in [2.05, 4.69) is 29.5 Å². The van der Waals surface area contributed by atoms with E-state index in [-0.39, 0.29) is 0 Å². The van der Waals surface area contributed by atoms with Crippen molar-refractivity contribution in [2.45, 2.75) is 26.2 Å². The van der Waals surface area contributed by atoms with E-state index in [0.29, 0.717) is 0 Å². The fourth-order valence-electron chi connectivity index (χ4n) is 2.14. The van der Waals surface area contributed by atoms with Crippen LogP contribution >= 0.6 is 30.0 Å². The summed E-state index contributed by atoms with van der Waals surface area (Å²) in [6, 6.07) is 18.9. The Morgan fingerprint density at radius 3 is 1.95 bits per heavy atom. The molecule has 0 amide bonds. The van der Waals surface area contributed by atoms with Crippen LogP contribution in [0.1, 0.15) is 26.2 Å². The molecule has 0 fully saturated rings. The lowest BCUT2D eigenvalue weighted by atomic mass is 10.2. The summed E-state index contributed by atoms with van der Waals surface area (Å²) in [4.78, 5) is 0. The Bertz CT molecular complexity index is 610. The van der Waals surface area contributed by atoms with Gasteiger partial charge < -0.3 is 4.52 Å². The van der Waals surface area contributed by atoms with Crippen LogP contribution in [0.25, 0.3) is 0 Å². The van der Waals surface area contributed by atoms with E-state index in [0.717, 1.165) is 35.6 Å². The number of halogens is 1. The molecule has 0 unspecified atom stereocenters. The van der Waals surface area contributed by atoms with Gasteiger partial charge in [0.15, 0.2) is 0 Å². The van der Waals surface area contributed by atoms with Crippen LogP contribution in [0.4, 0.5) is 0 Å². The van der Waals surface area contributed by atoms with Crippen molar-refractivity contribution >= 4 is 40.6 Å². The van der Waals surface area contributed by atoms with Gasteiger partial charge in [-0.1, -0.05) is 49.7 Å². The number of hydrogen-bond acceptors (Lipinski definition) is 2. The van der Waals surface area contributed by atoms with Gasteiger partial charge in [-0.15, -0.1) is 0 Å². The van der Waals surface area contributed by atoms with E-state index in [1.54, 1.807) is 0 Å². The fourth-order valence-corrected chi connectivity index (χ4v) is 4.89. The molecule has 116 valence electrons. The smallest absolute Gasteiger partial charge is 0.306 e. The van der Waals surface area contributed by atoms with Gasteiger partial charge in [-0.05, 0) is 53.3 Å². The van der Waals surface area contributed by atoms with Crippen molar-refractivity contribution in [1.82, 2.24) is 0 Å². The summed E-state index contributed by atoms with van der Waals surface area (Å²) in [6.45, 7) is 2.14. The first-order valence-electron chi connectivity index (χ1n) is 7.41. The Morgan fingerprint density at radius 2 is 1.55 bits per heavy atom. The van der Waals surface area contributed by atoms with Crippen molar-refractivity contribution in [2.75, 3.05) is 0 Å². The molecule has 2 aromatic carbocycles. The lowest BCUT2D eigenvalue weighted by Crippen LogP contribution is -2.17. The zero-order chi connectivity index (χ0) is 15.8. The quantitative estimate of drug-likeness (QED) is 0.337. The zero-order valence-corrected chi connectivity index (χ0v) is 15.7. The summed E-state index contributed by atoms with van der Waals surface area (Å²) < 4.78 is 21.6. The maximum absolute atomic E-state index is 13.7.